The summed E-state index contributed by atoms with van der Waals surface area (Å²) in [4.78, 5) is 124. The molecule has 0 bridgehead atoms. The van der Waals surface area contributed by atoms with E-state index in [2.05, 4.69) is 51.8 Å². The number of nitrogens with one attached hydrogen (secondary N) is 8. The van der Waals surface area contributed by atoms with Gasteiger partial charge in [0, 0.05) is 55.5 Å². The molecular formula is C52H79N11O11. The number of carbonyl (C=O) groups is 8. The zero-order valence-corrected chi connectivity index (χ0v) is 44.4. The van der Waals surface area contributed by atoms with E-state index in [1.54, 1.807) is 71.9 Å². The average molecular weight is 1030 g/mol. The largest absolute Gasteiger partial charge is 0.480 e. The number of hydrogen-bond acceptors (Lipinski definition) is 12. The second-order valence-corrected chi connectivity index (χ2v) is 21.1. The zero-order valence-electron chi connectivity index (χ0n) is 44.4. The molecule has 74 heavy (non-hydrogen) atoms. The Bertz CT molecular complexity index is 2300. The number of hydrogen-bond donors (Lipinski definition) is 10. The van der Waals surface area contributed by atoms with Gasteiger partial charge in [-0.05, 0) is 76.7 Å². The van der Waals surface area contributed by atoms with Gasteiger partial charge in [-0.1, -0.05) is 78.3 Å². The van der Waals surface area contributed by atoms with E-state index < -0.39 is 113 Å². The minimum atomic E-state index is -1.30. The van der Waals surface area contributed by atoms with E-state index >= 15 is 0 Å². The molecule has 1 aliphatic heterocycles. The van der Waals surface area contributed by atoms with E-state index in [4.69, 9.17) is 4.74 Å². The first kappa shape index (κ1) is 59.7. The highest BCUT2D eigenvalue weighted by molar-refractivity contribution is 5.96. The third-order valence-corrected chi connectivity index (χ3v) is 13.0. The first-order valence-corrected chi connectivity index (χ1v) is 25.6. The number of rotatable bonds is 27. The Morgan fingerprint density at radius 1 is 0.743 bits per heavy atom. The number of nitrogens with zero attached hydrogens (tertiary/aromatic N) is 3. The summed E-state index contributed by atoms with van der Waals surface area (Å²) >= 11 is 0. The van der Waals surface area contributed by atoms with Crippen LogP contribution in [-0.4, -0.2) is 143 Å². The zero-order chi connectivity index (χ0) is 54.9. The minimum absolute atomic E-state index is 0.0325. The predicted octanol–water partition coefficient (Wildman–Crippen LogP) is 2.69. The number of imidazole rings is 2. The first-order chi connectivity index (χ1) is 34.9. The lowest BCUT2D eigenvalue weighted by molar-refractivity contribution is -0.142. The number of likely N-dealkylation sites (tertiary alicyclic amines) is 1. The fraction of sp³-hybridized carbons (Fsp3) is 0.615. The molecule has 3 heterocycles. The molecule has 3 aromatic rings. The number of aliphatic hydroxyl groups excluding tert-OH is 1. The molecule has 10 atom stereocenters. The van der Waals surface area contributed by atoms with Crippen LogP contribution in [0.15, 0.2) is 55.4 Å². The summed E-state index contributed by atoms with van der Waals surface area (Å²) in [5.41, 5.74) is 0.931. The number of aliphatic hydroxyl groups is 1. The number of carboxylic acid groups (broad SMARTS) is 1. The standard InChI is InChI=1S/C52H79N11O11/c1-11-31(6)43(48(69)60-40(50(71)72)23-35-26-54-28-56-35)62-45(66)36(30(4)5)24-42(64)37(20-29(2)3)58-44(65)32(7)57-46(67)38(21-33-16-13-12-14-17-33)59-47(68)41-18-15-19-63(41)49(70)39(22-34-25-53-27-55-34)61-51(73)74-52(8,9)10/h12-14,16-17,25-32,36-43,64H,11,15,18-24H2,1-10H3,(H,53,55)(H,54,56)(H,57,67)(H,58,65)(H,59,68)(H,60,69)(H,61,73)(H,62,66)(H,71,72)/t31-,32-,36-,37-,38-,39-,40-,41-,42-,43-/m0/s1. The Kier molecular flexibility index (Phi) is 22.6. The van der Waals surface area contributed by atoms with E-state index in [9.17, 15) is 48.6 Å². The Balaban J connectivity index is 1.47. The van der Waals surface area contributed by atoms with Crippen molar-refractivity contribution in [2.75, 3.05) is 6.54 Å². The number of ether oxygens (including phenoxy) is 1. The number of alkyl carbamates (subject to hydrolysis) is 1. The van der Waals surface area contributed by atoms with Gasteiger partial charge in [0.25, 0.3) is 0 Å². The van der Waals surface area contributed by atoms with Crippen molar-refractivity contribution in [3.05, 3.63) is 72.3 Å². The lowest BCUT2D eigenvalue weighted by atomic mass is 9.85. The van der Waals surface area contributed by atoms with Crippen molar-refractivity contribution in [3.8, 4) is 0 Å². The van der Waals surface area contributed by atoms with Crippen molar-refractivity contribution in [3.63, 3.8) is 0 Å². The quantitative estimate of drug-likeness (QED) is 0.0526. The molecule has 2 aromatic heterocycles. The van der Waals surface area contributed by atoms with Crippen LogP contribution < -0.4 is 31.9 Å². The fourth-order valence-electron chi connectivity index (χ4n) is 8.75. The third-order valence-electron chi connectivity index (χ3n) is 13.0. The van der Waals surface area contributed by atoms with E-state index in [0.717, 1.165) is 0 Å². The molecule has 0 radical (unpaired) electrons. The highest BCUT2D eigenvalue weighted by Crippen LogP contribution is 2.24. The molecule has 408 valence electrons. The lowest BCUT2D eigenvalue weighted by Crippen LogP contribution is -2.59. The molecule has 0 aliphatic carbocycles. The number of amides is 7. The topological polar surface area (TPSA) is 319 Å². The van der Waals surface area contributed by atoms with E-state index in [-0.39, 0.29) is 50.5 Å². The molecule has 1 aromatic carbocycles. The van der Waals surface area contributed by atoms with Crippen LogP contribution in [0.4, 0.5) is 4.79 Å². The van der Waals surface area contributed by atoms with Crippen molar-refractivity contribution in [1.29, 1.82) is 0 Å². The normalized spacial score (nSPS) is 17.4. The second-order valence-electron chi connectivity index (χ2n) is 21.1. The van der Waals surface area contributed by atoms with Gasteiger partial charge >= 0.3 is 12.1 Å². The van der Waals surface area contributed by atoms with Crippen molar-refractivity contribution >= 4 is 47.5 Å². The lowest BCUT2D eigenvalue weighted by Gasteiger charge is -2.32. The highest BCUT2D eigenvalue weighted by atomic mass is 16.6. The summed E-state index contributed by atoms with van der Waals surface area (Å²) < 4.78 is 5.44. The van der Waals surface area contributed by atoms with Gasteiger partial charge in [0.2, 0.25) is 35.4 Å². The molecule has 1 saturated heterocycles. The monoisotopic (exact) mass is 1030 g/mol. The number of aromatic nitrogens is 4. The Hall–Kier alpha value is -6.84. The van der Waals surface area contributed by atoms with Crippen LogP contribution in [-0.2, 0) is 57.6 Å². The number of aromatic amines is 2. The van der Waals surface area contributed by atoms with Crippen LogP contribution in [0.1, 0.15) is 118 Å². The number of benzene rings is 1. The van der Waals surface area contributed by atoms with E-state index in [1.807, 2.05) is 20.8 Å². The molecule has 1 aliphatic rings. The van der Waals surface area contributed by atoms with Gasteiger partial charge in [-0.2, -0.15) is 0 Å². The van der Waals surface area contributed by atoms with Gasteiger partial charge < -0.3 is 61.7 Å². The van der Waals surface area contributed by atoms with Crippen molar-refractivity contribution < 1.29 is 53.3 Å². The Labute approximate surface area is 433 Å². The molecule has 1 fully saturated rings. The first-order valence-electron chi connectivity index (χ1n) is 25.6. The van der Waals surface area contributed by atoms with Gasteiger partial charge in [0.1, 0.15) is 41.9 Å². The number of aliphatic carboxylic acids is 1. The maximum atomic E-state index is 14.2. The molecule has 22 heteroatoms. The summed E-state index contributed by atoms with van der Waals surface area (Å²) in [5, 5.41) is 38.2. The van der Waals surface area contributed by atoms with Crippen LogP contribution in [0, 0.1) is 23.7 Å². The SMILES string of the molecule is CC[C@H](C)[C@H](NC(=O)[C@@H](C[C@H](O)[C@H](CC(C)C)NC(=O)[C@H](C)NC(=O)[C@H](Cc1ccccc1)NC(=O)[C@@H]1CCCN1C(=O)[C@H](Cc1cnc[nH]1)NC(=O)OC(C)(C)C)C(C)C)C(=O)N[C@@H](Cc1cnc[nH]1)C(=O)O. The summed E-state index contributed by atoms with van der Waals surface area (Å²) in [5.74, 6) is -6.52. The van der Waals surface area contributed by atoms with Gasteiger partial charge in [-0.15, -0.1) is 0 Å². The van der Waals surface area contributed by atoms with Crippen LogP contribution in [0.25, 0.3) is 0 Å². The van der Waals surface area contributed by atoms with Gasteiger partial charge in [-0.3, -0.25) is 28.8 Å². The molecular weight excluding hydrogens is 955 g/mol. The molecule has 0 saturated carbocycles. The maximum Gasteiger partial charge on any atom is 0.408 e. The van der Waals surface area contributed by atoms with Crippen molar-refractivity contribution in [2.24, 2.45) is 23.7 Å². The summed E-state index contributed by atoms with van der Waals surface area (Å²) in [6.07, 6.45) is 5.20. The second kappa shape index (κ2) is 28.0. The molecule has 0 spiro atoms. The van der Waals surface area contributed by atoms with Crippen LogP contribution in [0.2, 0.25) is 0 Å². The molecule has 10 N–H and O–H groups in total. The summed E-state index contributed by atoms with van der Waals surface area (Å²) in [6, 6.07) is 1.19. The molecule has 0 unspecified atom stereocenters. The van der Waals surface area contributed by atoms with Crippen LogP contribution >= 0.6 is 0 Å². The predicted molar refractivity (Wildman–Crippen MR) is 273 cm³/mol. The van der Waals surface area contributed by atoms with E-state index in [1.165, 1.54) is 36.9 Å². The molecule has 22 nitrogen and oxygen atoms in total. The Morgan fingerprint density at radius 3 is 1.91 bits per heavy atom. The smallest absolute Gasteiger partial charge is 0.408 e. The average Bonchev–Trinajstić information content (AvgIpc) is 4.15. The fourth-order valence-corrected chi connectivity index (χ4v) is 8.75. The number of H-pyrrole nitrogens is 2. The molecule has 4 rings (SSSR count). The van der Waals surface area contributed by atoms with Crippen molar-refractivity contribution in [2.45, 2.75) is 175 Å². The summed E-state index contributed by atoms with van der Waals surface area (Å²) in [6.45, 7) is 17.8. The third kappa shape index (κ3) is 18.6. The Morgan fingerprint density at radius 2 is 1.36 bits per heavy atom. The number of carbonyl (C=O) groups excluding carboxylic acids is 7. The number of carboxylic acids is 1. The summed E-state index contributed by atoms with van der Waals surface area (Å²) in [7, 11) is 0. The highest BCUT2D eigenvalue weighted by Gasteiger charge is 2.41. The van der Waals surface area contributed by atoms with E-state index in [0.29, 0.717) is 36.2 Å². The maximum absolute atomic E-state index is 14.2. The molecule has 7 amide bonds. The van der Waals surface area contributed by atoms with Crippen molar-refractivity contribution in [1.82, 2.24) is 56.7 Å². The van der Waals surface area contributed by atoms with Gasteiger partial charge in [0.15, 0.2) is 0 Å². The minimum Gasteiger partial charge on any atom is -0.480 e. The van der Waals surface area contributed by atoms with Gasteiger partial charge in [-0.25, -0.2) is 19.6 Å². The van der Waals surface area contributed by atoms with Crippen LogP contribution in [0.3, 0.4) is 0 Å². The van der Waals surface area contributed by atoms with Gasteiger partial charge in [0.05, 0.1) is 24.8 Å². The van der Waals surface area contributed by atoms with Crippen LogP contribution in [0.5, 0.6) is 0 Å².